The van der Waals surface area contributed by atoms with Gasteiger partial charge in [0.25, 0.3) is 0 Å². The Hall–Kier alpha value is -6.43. The predicted octanol–water partition coefficient (Wildman–Crippen LogP) is 12.7. The van der Waals surface area contributed by atoms with Crippen molar-refractivity contribution in [1.29, 1.82) is 0 Å². The lowest BCUT2D eigenvalue weighted by molar-refractivity contribution is 0.350. The number of benzene rings is 7. The summed E-state index contributed by atoms with van der Waals surface area (Å²) in [5, 5.41) is 7.16. The standard InChI is InChI=1S/C47H31N3OS/c1-49-43(28-38(29-14-4-2-5-15-29)48-47(49)30-16-6-3-7-17-30)50-39-21-11-8-20-34(39)44-35(27-37-32-18-9-12-22-40(32)51-46(37)45(44)50)31-24-25-42-36(26-31)33-19-10-13-23-41(33)52-42/h2-28,47H,1H3. The fourth-order valence-corrected chi connectivity index (χ4v) is 9.29. The number of hydrogen-bond donors (Lipinski definition) is 0. The Labute approximate surface area is 303 Å². The number of para-hydroxylation sites is 2. The van der Waals surface area contributed by atoms with Crippen LogP contribution in [-0.4, -0.2) is 22.2 Å². The number of thiophene rings is 1. The van der Waals surface area contributed by atoms with Gasteiger partial charge in [0.1, 0.15) is 17.6 Å². The Morgan fingerprint density at radius 1 is 0.596 bits per heavy atom. The first-order valence-electron chi connectivity index (χ1n) is 17.6. The second-order valence-corrected chi connectivity index (χ2v) is 14.6. The Bertz CT molecular complexity index is 3090. The van der Waals surface area contributed by atoms with Gasteiger partial charge in [0.15, 0.2) is 5.58 Å². The van der Waals surface area contributed by atoms with Crippen LogP contribution in [0, 0.1) is 0 Å². The molecule has 10 aromatic rings. The van der Waals surface area contributed by atoms with Crippen LogP contribution >= 0.6 is 11.3 Å². The number of fused-ring (bicyclic) bond motifs is 10. The van der Waals surface area contributed by atoms with Crippen molar-refractivity contribution in [3.63, 3.8) is 0 Å². The highest BCUT2D eigenvalue weighted by atomic mass is 32.1. The molecule has 0 fully saturated rings. The summed E-state index contributed by atoms with van der Waals surface area (Å²) in [7, 11) is 2.16. The van der Waals surface area contributed by atoms with Gasteiger partial charge in [-0.2, -0.15) is 0 Å². The molecule has 3 aromatic heterocycles. The zero-order valence-corrected chi connectivity index (χ0v) is 29.1. The summed E-state index contributed by atoms with van der Waals surface area (Å²) in [5.41, 5.74) is 9.48. The van der Waals surface area contributed by atoms with Crippen LogP contribution in [0.4, 0.5) is 0 Å². The van der Waals surface area contributed by atoms with Gasteiger partial charge in [-0.05, 0) is 58.7 Å². The molecule has 11 rings (SSSR count). The molecule has 0 radical (unpaired) electrons. The summed E-state index contributed by atoms with van der Waals surface area (Å²) in [6, 6.07) is 56.4. The van der Waals surface area contributed by atoms with Gasteiger partial charge in [-0.15, -0.1) is 11.3 Å². The first-order valence-corrected chi connectivity index (χ1v) is 18.4. The van der Waals surface area contributed by atoms with E-state index in [0.717, 1.165) is 55.6 Å². The highest BCUT2D eigenvalue weighted by Crippen LogP contribution is 2.47. The molecular formula is C47H31N3OS. The molecule has 4 nitrogen and oxygen atoms in total. The molecule has 0 spiro atoms. The average Bonchev–Trinajstić information content (AvgIpc) is 3.88. The number of rotatable bonds is 4. The van der Waals surface area contributed by atoms with Crippen LogP contribution in [0.25, 0.3) is 80.9 Å². The van der Waals surface area contributed by atoms with E-state index in [2.05, 4.69) is 180 Å². The minimum atomic E-state index is -0.226. The molecule has 0 saturated heterocycles. The van der Waals surface area contributed by atoms with E-state index in [1.54, 1.807) is 0 Å². The monoisotopic (exact) mass is 685 g/mol. The van der Waals surface area contributed by atoms with Crippen molar-refractivity contribution in [2.24, 2.45) is 4.99 Å². The van der Waals surface area contributed by atoms with Gasteiger partial charge in [0.2, 0.25) is 0 Å². The fraction of sp³-hybridized carbons (Fsp3) is 0.0426. The molecule has 0 N–H and O–H groups in total. The maximum atomic E-state index is 6.90. The molecular weight excluding hydrogens is 655 g/mol. The third-order valence-electron chi connectivity index (χ3n) is 10.6. The van der Waals surface area contributed by atoms with E-state index < -0.39 is 0 Å². The van der Waals surface area contributed by atoms with Crippen LogP contribution in [0.1, 0.15) is 17.3 Å². The SMILES string of the molecule is CN1C(n2c3ccccc3c3c(-c4ccc5sc6ccccc6c5c4)cc4c5ccccc5oc4c32)=CC(c2ccccc2)=NC1c1ccccc1. The van der Waals surface area contributed by atoms with Crippen molar-refractivity contribution in [2.75, 3.05) is 7.05 Å². The molecule has 1 aliphatic heterocycles. The van der Waals surface area contributed by atoms with Crippen molar-refractivity contribution in [2.45, 2.75) is 6.17 Å². The van der Waals surface area contributed by atoms with E-state index in [1.807, 2.05) is 11.3 Å². The molecule has 1 atom stereocenters. The molecule has 0 aliphatic carbocycles. The van der Waals surface area contributed by atoms with Crippen molar-refractivity contribution in [1.82, 2.24) is 9.47 Å². The van der Waals surface area contributed by atoms with Gasteiger partial charge >= 0.3 is 0 Å². The van der Waals surface area contributed by atoms with Crippen LogP contribution in [-0.2, 0) is 0 Å². The lowest BCUT2D eigenvalue weighted by atomic mass is 9.95. The van der Waals surface area contributed by atoms with Crippen molar-refractivity contribution < 1.29 is 4.42 Å². The summed E-state index contributed by atoms with van der Waals surface area (Å²) in [5.74, 6) is 1.03. The summed E-state index contributed by atoms with van der Waals surface area (Å²) >= 11 is 1.85. The minimum Gasteiger partial charge on any atom is -0.454 e. The zero-order chi connectivity index (χ0) is 34.3. The number of nitrogens with zero attached hydrogens (tertiary/aromatic N) is 3. The quantitative estimate of drug-likeness (QED) is 0.185. The first-order chi connectivity index (χ1) is 25.7. The second kappa shape index (κ2) is 11.3. The lowest BCUT2D eigenvalue weighted by Gasteiger charge is -2.34. The molecule has 7 aromatic carbocycles. The van der Waals surface area contributed by atoms with Crippen molar-refractivity contribution in [3.8, 4) is 11.1 Å². The van der Waals surface area contributed by atoms with Gasteiger partial charge in [-0.3, -0.25) is 9.56 Å². The van der Waals surface area contributed by atoms with Crippen molar-refractivity contribution in [3.05, 3.63) is 175 Å². The normalized spacial score (nSPS) is 15.0. The van der Waals surface area contributed by atoms with Crippen molar-refractivity contribution >= 4 is 86.8 Å². The average molecular weight is 686 g/mol. The van der Waals surface area contributed by atoms with E-state index in [0.29, 0.717) is 0 Å². The maximum absolute atomic E-state index is 6.90. The number of hydrogen-bond acceptors (Lipinski definition) is 4. The molecule has 0 saturated carbocycles. The summed E-state index contributed by atoms with van der Waals surface area (Å²) < 4.78 is 11.9. The highest BCUT2D eigenvalue weighted by Gasteiger charge is 2.30. The van der Waals surface area contributed by atoms with Gasteiger partial charge in [0, 0.05) is 54.8 Å². The number of furan rings is 1. The molecule has 52 heavy (non-hydrogen) atoms. The fourth-order valence-electron chi connectivity index (χ4n) is 8.21. The first kappa shape index (κ1) is 29.3. The molecule has 0 amide bonds. The van der Waals surface area contributed by atoms with Crippen LogP contribution in [0.2, 0.25) is 0 Å². The molecule has 5 heteroatoms. The van der Waals surface area contributed by atoms with Gasteiger partial charge in [-0.25, -0.2) is 0 Å². The smallest absolute Gasteiger partial charge is 0.160 e. The van der Waals surface area contributed by atoms with Crippen LogP contribution in [0.5, 0.6) is 0 Å². The zero-order valence-electron chi connectivity index (χ0n) is 28.3. The van der Waals surface area contributed by atoms with Gasteiger partial charge < -0.3 is 9.32 Å². The van der Waals surface area contributed by atoms with E-state index in [-0.39, 0.29) is 6.17 Å². The predicted molar refractivity (Wildman–Crippen MR) is 219 cm³/mol. The largest absolute Gasteiger partial charge is 0.454 e. The molecule has 4 heterocycles. The molecule has 1 unspecified atom stereocenters. The third-order valence-corrected chi connectivity index (χ3v) is 11.8. The van der Waals surface area contributed by atoms with E-state index in [9.17, 15) is 0 Å². The summed E-state index contributed by atoms with van der Waals surface area (Å²) in [4.78, 5) is 7.67. The highest BCUT2D eigenvalue weighted by molar-refractivity contribution is 7.25. The summed E-state index contributed by atoms with van der Waals surface area (Å²) in [6.07, 6.45) is 2.02. The number of aliphatic imine (C=N–C) groups is 1. The van der Waals surface area contributed by atoms with Crippen LogP contribution in [0.3, 0.4) is 0 Å². The van der Waals surface area contributed by atoms with Crippen LogP contribution < -0.4 is 0 Å². The topological polar surface area (TPSA) is 33.7 Å². The van der Waals surface area contributed by atoms with E-state index in [1.165, 1.54) is 42.1 Å². The second-order valence-electron chi connectivity index (χ2n) is 13.6. The summed E-state index contributed by atoms with van der Waals surface area (Å²) in [6.45, 7) is 0. The Kier molecular flexibility index (Phi) is 6.36. The van der Waals surface area contributed by atoms with Crippen LogP contribution in [0.15, 0.2) is 173 Å². The van der Waals surface area contributed by atoms with Gasteiger partial charge in [-0.1, -0.05) is 121 Å². The molecule has 1 aliphatic rings. The minimum absolute atomic E-state index is 0.226. The van der Waals surface area contributed by atoms with E-state index >= 15 is 0 Å². The molecule has 0 bridgehead atoms. The number of aromatic nitrogens is 1. The Morgan fingerprint density at radius 3 is 2.13 bits per heavy atom. The number of allylic oxidation sites excluding steroid dienone is 1. The van der Waals surface area contributed by atoms with E-state index in [4.69, 9.17) is 9.41 Å². The third kappa shape index (κ3) is 4.30. The maximum Gasteiger partial charge on any atom is 0.160 e. The molecule has 246 valence electrons. The lowest BCUT2D eigenvalue weighted by Crippen LogP contribution is -2.30. The Balaban J connectivity index is 1.27. The Morgan fingerprint density at radius 2 is 1.29 bits per heavy atom. The van der Waals surface area contributed by atoms with Gasteiger partial charge in [0.05, 0.1) is 16.7 Å².